The molecule has 0 unspecified atom stereocenters. The van der Waals surface area contributed by atoms with Crippen molar-refractivity contribution in [2.75, 3.05) is 19.1 Å². The summed E-state index contributed by atoms with van der Waals surface area (Å²) in [5.74, 6) is -0.147. The van der Waals surface area contributed by atoms with E-state index in [1.54, 1.807) is 36.3 Å². The van der Waals surface area contributed by atoms with Gasteiger partial charge in [-0.05, 0) is 48.9 Å². The van der Waals surface area contributed by atoms with Crippen molar-refractivity contribution in [2.45, 2.75) is 18.5 Å². The van der Waals surface area contributed by atoms with Crippen molar-refractivity contribution in [2.24, 2.45) is 0 Å². The van der Waals surface area contributed by atoms with E-state index in [-0.39, 0.29) is 5.78 Å². The smallest absolute Gasteiger partial charge is 0.342 e. The minimum absolute atomic E-state index is 0.268. The molecular weight excluding hydrogens is 342 g/mol. The molecule has 5 nitrogen and oxygen atoms in total. The second-order valence-electron chi connectivity index (χ2n) is 5.84. The molecule has 2 aromatic carbocycles. The second-order valence-corrected chi connectivity index (χ2v) is 6.27. The fraction of sp³-hybridized carbons (Fsp3) is 0.263. The summed E-state index contributed by atoms with van der Waals surface area (Å²) in [6, 6.07) is 13.9. The van der Waals surface area contributed by atoms with Gasteiger partial charge in [-0.3, -0.25) is 4.79 Å². The normalized spacial score (nSPS) is 21.6. The Labute approximate surface area is 151 Å². The van der Waals surface area contributed by atoms with Gasteiger partial charge < -0.3 is 14.4 Å². The number of nitrogens with zero attached hydrogens (tertiary/aromatic N) is 1. The number of ketones is 1. The summed E-state index contributed by atoms with van der Waals surface area (Å²) in [5, 5.41) is 0.590. The van der Waals surface area contributed by atoms with Crippen molar-refractivity contribution in [3.8, 4) is 5.75 Å². The number of Topliss-reactive ketones (excluding diaryl/α,β-unsaturated/α-hetero) is 1. The minimum atomic E-state index is -1.36. The highest BCUT2D eigenvalue weighted by Gasteiger charge is 2.73. The first kappa shape index (κ1) is 17.3. The Morgan fingerprint density at radius 1 is 1.04 bits per heavy atom. The van der Waals surface area contributed by atoms with E-state index in [9.17, 15) is 9.59 Å². The molecule has 25 heavy (non-hydrogen) atoms. The Kier molecular flexibility index (Phi) is 4.43. The maximum Gasteiger partial charge on any atom is 0.342 e. The van der Waals surface area contributed by atoms with Crippen molar-refractivity contribution in [3.05, 3.63) is 59.1 Å². The van der Waals surface area contributed by atoms with Crippen LogP contribution in [0.5, 0.6) is 5.75 Å². The second kappa shape index (κ2) is 6.41. The van der Waals surface area contributed by atoms with Gasteiger partial charge in [-0.2, -0.15) is 0 Å². The third kappa shape index (κ3) is 2.65. The van der Waals surface area contributed by atoms with Crippen LogP contribution >= 0.6 is 11.6 Å². The van der Waals surface area contributed by atoms with Crippen molar-refractivity contribution in [3.63, 3.8) is 0 Å². The van der Waals surface area contributed by atoms with Gasteiger partial charge in [0.15, 0.2) is 5.78 Å². The third-order valence-corrected chi connectivity index (χ3v) is 4.79. The molecular formula is C19H18ClNO4. The van der Waals surface area contributed by atoms with Crippen molar-refractivity contribution in [1.29, 1.82) is 0 Å². The summed E-state index contributed by atoms with van der Waals surface area (Å²) in [6.07, 6.45) is 0. The molecule has 0 spiro atoms. The maximum atomic E-state index is 12.6. The van der Waals surface area contributed by atoms with E-state index in [2.05, 4.69) is 0 Å². The van der Waals surface area contributed by atoms with Crippen LogP contribution in [-0.2, 0) is 14.3 Å². The van der Waals surface area contributed by atoms with Crippen LogP contribution in [0.1, 0.15) is 18.5 Å². The molecule has 1 fully saturated rings. The number of carbonyl (C=O) groups excluding carboxylic acids is 2. The summed E-state index contributed by atoms with van der Waals surface area (Å²) < 4.78 is 10.1. The molecule has 0 aliphatic carbocycles. The van der Waals surface area contributed by atoms with Crippen molar-refractivity contribution >= 4 is 29.0 Å². The SMILES string of the molecule is COC(=O)[C@@]1(C(C)=O)[C@@H](c2ccc(Cl)cc2)N1c1ccc(OC)cc1. The van der Waals surface area contributed by atoms with E-state index in [1.165, 1.54) is 14.0 Å². The Morgan fingerprint density at radius 3 is 2.12 bits per heavy atom. The molecule has 1 saturated heterocycles. The summed E-state index contributed by atoms with van der Waals surface area (Å²) in [7, 11) is 2.87. The first-order valence-electron chi connectivity index (χ1n) is 7.75. The van der Waals surface area contributed by atoms with Crippen LogP contribution in [0.15, 0.2) is 48.5 Å². The number of hydrogen-bond donors (Lipinski definition) is 0. The highest BCUT2D eigenvalue weighted by molar-refractivity contribution is 6.30. The van der Waals surface area contributed by atoms with E-state index < -0.39 is 17.6 Å². The van der Waals surface area contributed by atoms with E-state index in [0.29, 0.717) is 10.8 Å². The Hall–Kier alpha value is -2.53. The number of anilines is 1. The van der Waals surface area contributed by atoms with Crippen LogP contribution in [0.4, 0.5) is 5.69 Å². The highest BCUT2D eigenvalue weighted by atomic mass is 35.5. The highest BCUT2D eigenvalue weighted by Crippen LogP contribution is 2.57. The zero-order valence-corrected chi connectivity index (χ0v) is 14.9. The van der Waals surface area contributed by atoms with Crippen LogP contribution in [0.2, 0.25) is 5.02 Å². The quantitative estimate of drug-likeness (QED) is 0.465. The number of rotatable bonds is 5. The lowest BCUT2D eigenvalue weighted by atomic mass is 9.96. The molecule has 0 aromatic heterocycles. The molecule has 1 aliphatic heterocycles. The zero-order chi connectivity index (χ0) is 18.2. The predicted octanol–water partition coefficient (Wildman–Crippen LogP) is 3.41. The molecule has 1 aliphatic rings. The monoisotopic (exact) mass is 359 g/mol. The number of ether oxygens (including phenoxy) is 2. The van der Waals surface area contributed by atoms with Crippen LogP contribution < -0.4 is 9.64 Å². The molecule has 0 bridgehead atoms. The van der Waals surface area contributed by atoms with Crippen LogP contribution in [-0.4, -0.2) is 31.5 Å². The topological polar surface area (TPSA) is 55.6 Å². The van der Waals surface area contributed by atoms with Gasteiger partial charge in [-0.25, -0.2) is 4.79 Å². The van der Waals surface area contributed by atoms with Crippen LogP contribution in [0.25, 0.3) is 0 Å². The van der Waals surface area contributed by atoms with Crippen molar-refractivity contribution < 1.29 is 19.1 Å². The molecule has 2 aromatic rings. The number of carbonyl (C=O) groups is 2. The lowest BCUT2D eigenvalue weighted by molar-refractivity contribution is -0.146. The molecule has 2 atom stereocenters. The fourth-order valence-corrected chi connectivity index (χ4v) is 3.42. The first-order valence-corrected chi connectivity index (χ1v) is 8.13. The van der Waals surface area contributed by atoms with E-state index in [4.69, 9.17) is 21.1 Å². The van der Waals surface area contributed by atoms with Gasteiger partial charge in [0.25, 0.3) is 0 Å². The minimum Gasteiger partial charge on any atom is -0.497 e. The van der Waals surface area contributed by atoms with Gasteiger partial charge >= 0.3 is 5.97 Å². The standard InChI is InChI=1S/C19H18ClNO4/c1-12(22)19(18(23)25-3)17(13-4-6-14(20)7-5-13)21(19)15-8-10-16(24-2)11-9-15/h4-11,17H,1-3H3/t17-,19-,21?/m1/s1. The largest absolute Gasteiger partial charge is 0.497 e. The molecule has 1 heterocycles. The molecule has 6 heteroatoms. The number of halogens is 1. The van der Waals surface area contributed by atoms with Gasteiger partial charge in [0.2, 0.25) is 5.54 Å². The van der Waals surface area contributed by atoms with Crippen LogP contribution in [0, 0.1) is 0 Å². The molecule has 0 amide bonds. The van der Waals surface area contributed by atoms with E-state index in [0.717, 1.165) is 11.3 Å². The van der Waals surface area contributed by atoms with Gasteiger partial charge in [0.1, 0.15) is 5.75 Å². The Balaban J connectivity index is 2.09. The predicted molar refractivity (Wildman–Crippen MR) is 95.1 cm³/mol. The average Bonchev–Trinajstić information content (AvgIpc) is 3.33. The zero-order valence-electron chi connectivity index (χ0n) is 14.2. The molecule has 0 N–H and O–H groups in total. The first-order chi connectivity index (χ1) is 12.0. The van der Waals surface area contributed by atoms with Crippen LogP contribution in [0.3, 0.4) is 0 Å². The lowest BCUT2D eigenvalue weighted by Crippen LogP contribution is -2.38. The lowest BCUT2D eigenvalue weighted by Gasteiger charge is -2.13. The number of hydrogen-bond acceptors (Lipinski definition) is 5. The fourth-order valence-electron chi connectivity index (χ4n) is 3.29. The molecule has 3 rings (SSSR count). The number of esters is 1. The molecule has 0 radical (unpaired) electrons. The summed E-state index contributed by atoms with van der Waals surface area (Å²) in [4.78, 5) is 26.8. The van der Waals surface area contributed by atoms with E-state index >= 15 is 0 Å². The Morgan fingerprint density at radius 2 is 1.64 bits per heavy atom. The van der Waals surface area contributed by atoms with Gasteiger partial charge in [-0.15, -0.1) is 0 Å². The van der Waals surface area contributed by atoms with Gasteiger partial charge in [0, 0.05) is 10.7 Å². The molecule has 130 valence electrons. The number of methoxy groups -OCH3 is 2. The average molecular weight is 360 g/mol. The molecule has 0 saturated carbocycles. The summed E-state index contributed by atoms with van der Waals surface area (Å²) in [5.41, 5.74) is 0.194. The summed E-state index contributed by atoms with van der Waals surface area (Å²) >= 11 is 5.96. The Bertz CT molecular complexity index is 803. The number of benzene rings is 2. The summed E-state index contributed by atoms with van der Waals surface area (Å²) in [6.45, 7) is 1.41. The van der Waals surface area contributed by atoms with Gasteiger partial charge in [-0.1, -0.05) is 23.7 Å². The maximum absolute atomic E-state index is 12.6. The van der Waals surface area contributed by atoms with E-state index in [1.807, 2.05) is 24.3 Å². The van der Waals surface area contributed by atoms with Crippen molar-refractivity contribution in [1.82, 2.24) is 0 Å². The van der Waals surface area contributed by atoms with Gasteiger partial charge in [0.05, 0.1) is 20.3 Å². The third-order valence-electron chi connectivity index (χ3n) is 4.54.